The number of aromatic carboxylic acids is 1. The van der Waals surface area contributed by atoms with Crippen LogP contribution in [0.1, 0.15) is 24.2 Å². The van der Waals surface area contributed by atoms with Crippen molar-refractivity contribution in [1.29, 1.82) is 0 Å². The third kappa shape index (κ3) is 4.27. The van der Waals surface area contributed by atoms with E-state index in [2.05, 4.69) is 9.46 Å². The minimum absolute atomic E-state index is 0.0256. The fourth-order valence-corrected chi connectivity index (χ4v) is 2.93. The maximum absolute atomic E-state index is 12.2. The summed E-state index contributed by atoms with van der Waals surface area (Å²) in [7, 11) is -2.77. The highest BCUT2D eigenvalue weighted by atomic mass is 32.2. The standard InChI is InChI=1S/C13H17NO6S/c1-8(2)11(13(17)20-3)14-21(18,19)10-6-4-9(5-7-10)12(15)16/h4-8,11,14H,1-3H3,(H,15,16)/t11-/m0/s1. The number of rotatable bonds is 6. The molecule has 0 fully saturated rings. The first kappa shape index (κ1) is 17.1. The van der Waals surface area contributed by atoms with Gasteiger partial charge in [-0.25, -0.2) is 13.2 Å². The van der Waals surface area contributed by atoms with Gasteiger partial charge >= 0.3 is 11.9 Å². The largest absolute Gasteiger partial charge is 0.478 e. The first-order chi connectivity index (χ1) is 9.69. The van der Waals surface area contributed by atoms with E-state index in [1.807, 2.05) is 0 Å². The quantitative estimate of drug-likeness (QED) is 0.753. The molecule has 8 heteroatoms. The van der Waals surface area contributed by atoms with Gasteiger partial charge in [-0.15, -0.1) is 0 Å². The molecule has 1 aromatic rings. The zero-order chi connectivity index (χ0) is 16.2. The molecule has 0 saturated carbocycles. The maximum Gasteiger partial charge on any atom is 0.335 e. The Bertz CT molecular complexity index is 621. The molecule has 0 radical (unpaired) electrons. The van der Waals surface area contributed by atoms with Crippen LogP contribution in [0.3, 0.4) is 0 Å². The fourth-order valence-electron chi connectivity index (χ4n) is 1.60. The molecule has 0 unspecified atom stereocenters. The molecule has 1 rings (SSSR count). The topological polar surface area (TPSA) is 110 Å². The van der Waals surface area contributed by atoms with Crippen molar-refractivity contribution in [3.05, 3.63) is 29.8 Å². The van der Waals surface area contributed by atoms with Crippen molar-refractivity contribution in [2.24, 2.45) is 5.92 Å². The number of nitrogens with one attached hydrogen (secondary N) is 1. The molecule has 116 valence electrons. The van der Waals surface area contributed by atoms with E-state index in [9.17, 15) is 18.0 Å². The maximum atomic E-state index is 12.2. The minimum Gasteiger partial charge on any atom is -0.478 e. The van der Waals surface area contributed by atoms with Crippen LogP contribution in [0.15, 0.2) is 29.2 Å². The summed E-state index contributed by atoms with van der Waals surface area (Å²) >= 11 is 0. The van der Waals surface area contributed by atoms with E-state index in [-0.39, 0.29) is 16.4 Å². The van der Waals surface area contributed by atoms with Gasteiger partial charge in [-0.05, 0) is 30.2 Å². The number of hydrogen-bond donors (Lipinski definition) is 2. The average molecular weight is 315 g/mol. The second kappa shape index (κ2) is 6.68. The number of ether oxygens (including phenoxy) is 1. The number of carboxylic acids is 1. The predicted octanol–water partition coefficient (Wildman–Crippen LogP) is 0.861. The molecule has 0 spiro atoms. The molecule has 0 heterocycles. The molecule has 1 aromatic carbocycles. The van der Waals surface area contributed by atoms with Crippen LogP contribution in [-0.4, -0.2) is 38.6 Å². The Morgan fingerprint density at radius 3 is 2.10 bits per heavy atom. The Morgan fingerprint density at radius 1 is 1.19 bits per heavy atom. The Balaban J connectivity index is 3.04. The molecule has 0 bridgehead atoms. The van der Waals surface area contributed by atoms with Crippen molar-refractivity contribution in [2.75, 3.05) is 7.11 Å². The summed E-state index contributed by atoms with van der Waals surface area (Å²) in [5, 5.41) is 8.78. The smallest absolute Gasteiger partial charge is 0.335 e. The Morgan fingerprint density at radius 2 is 1.71 bits per heavy atom. The van der Waals surface area contributed by atoms with Gasteiger partial charge in [0.15, 0.2) is 0 Å². The molecule has 0 aliphatic heterocycles. The summed E-state index contributed by atoms with van der Waals surface area (Å²) in [6.45, 7) is 3.36. The zero-order valence-electron chi connectivity index (χ0n) is 11.9. The van der Waals surface area contributed by atoms with Gasteiger partial charge in [-0.1, -0.05) is 13.8 Å². The lowest BCUT2D eigenvalue weighted by atomic mass is 10.1. The molecule has 21 heavy (non-hydrogen) atoms. The van der Waals surface area contributed by atoms with Gasteiger partial charge in [0.2, 0.25) is 10.0 Å². The van der Waals surface area contributed by atoms with Crippen LogP contribution in [0.4, 0.5) is 0 Å². The van der Waals surface area contributed by atoms with Crippen molar-refractivity contribution in [1.82, 2.24) is 4.72 Å². The van der Waals surface area contributed by atoms with E-state index >= 15 is 0 Å². The number of carboxylic acid groups (broad SMARTS) is 1. The van der Waals surface area contributed by atoms with Crippen LogP contribution in [0.25, 0.3) is 0 Å². The van der Waals surface area contributed by atoms with E-state index in [0.717, 1.165) is 0 Å². The molecule has 0 amide bonds. The van der Waals surface area contributed by atoms with Gasteiger partial charge < -0.3 is 9.84 Å². The molecule has 2 N–H and O–H groups in total. The Hall–Kier alpha value is -1.93. The van der Waals surface area contributed by atoms with E-state index in [1.54, 1.807) is 13.8 Å². The molecule has 1 atom stereocenters. The highest BCUT2D eigenvalue weighted by Gasteiger charge is 2.29. The van der Waals surface area contributed by atoms with Gasteiger partial charge in [-0.3, -0.25) is 4.79 Å². The molecule has 0 aliphatic rings. The summed E-state index contributed by atoms with van der Waals surface area (Å²) in [6.07, 6.45) is 0. The van der Waals surface area contributed by atoms with E-state index in [4.69, 9.17) is 5.11 Å². The Kier molecular flexibility index (Phi) is 5.45. The summed E-state index contributed by atoms with van der Waals surface area (Å²) in [5.41, 5.74) is -0.0256. The van der Waals surface area contributed by atoms with Crippen LogP contribution in [0.5, 0.6) is 0 Å². The Labute approximate surface area is 123 Å². The van der Waals surface area contributed by atoms with Gasteiger partial charge in [-0.2, -0.15) is 4.72 Å². The summed E-state index contributed by atoms with van der Waals surface area (Å²) < 4.78 is 31.2. The number of carbonyl (C=O) groups excluding carboxylic acids is 1. The number of methoxy groups -OCH3 is 1. The predicted molar refractivity (Wildman–Crippen MR) is 74.4 cm³/mol. The van der Waals surface area contributed by atoms with Crippen LogP contribution >= 0.6 is 0 Å². The average Bonchev–Trinajstić information content (AvgIpc) is 2.43. The van der Waals surface area contributed by atoms with Crippen molar-refractivity contribution in [3.8, 4) is 0 Å². The number of hydrogen-bond acceptors (Lipinski definition) is 5. The lowest BCUT2D eigenvalue weighted by molar-refractivity contribution is -0.143. The summed E-state index contributed by atoms with van der Waals surface area (Å²) in [6, 6.07) is 3.68. The number of esters is 1. The highest BCUT2D eigenvalue weighted by Crippen LogP contribution is 2.14. The summed E-state index contributed by atoms with van der Waals surface area (Å²) in [5.74, 6) is -2.14. The van der Waals surface area contributed by atoms with Crippen LogP contribution in [0.2, 0.25) is 0 Å². The third-order valence-electron chi connectivity index (χ3n) is 2.82. The molecular weight excluding hydrogens is 298 g/mol. The van der Waals surface area contributed by atoms with E-state index in [1.165, 1.54) is 31.4 Å². The monoisotopic (exact) mass is 315 g/mol. The van der Waals surface area contributed by atoms with Gasteiger partial charge in [0.05, 0.1) is 17.6 Å². The van der Waals surface area contributed by atoms with Crippen molar-refractivity contribution < 1.29 is 27.9 Å². The SMILES string of the molecule is COC(=O)[C@@H](NS(=O)(=O)c1ccc(C(=O)O)cc1)C(C)C. The third-order valence-corrected chi connectivity index (χ3v) is 4.27. The van der Waals surface area contributed by atoms with Crippen molar-refractivity contribution >= 4 is 22.0 Å². The lowest BCUT2D eigenvalue weighted by Crippen LogP contribution is -2.44. The zero-order valence-corrected chi connectivity index (χ0v) is 12.7. The second-order valence-electron chi connectivity index (χ2n) is 4.70. The molecule has 0 aromatic heterocycles. The van der Waals surface area contributed by atoms with Gasteiger partial charge in [0.25, 0.3) is 0 Å². The molecule has 7 nitrogen and oxygen atoms in total. The van der Waals surface area contributed by atoms with Gasteiger partial charge in [0, 0.05) is 0 Å². The first-order valence-corrected chi connectivity index (χ1v) is 7.61. The van der Waals surface area contributed by atoms with E-state index in [0.29, 0.717) is 0 Å². The number of benzene rings is 1. The van der Waals surface area contributed by atoms with Crippen LogP contribution in [-0.2, 0) is 19.6 Å². The van der Waals surface area contributed by atoms with Crippen LogP contribution < -0.4 is 4.72 Å². The van der Waals surface area contributed by atoms with E-state index < -0.39 is 28.0 Å². The fraction of sp³-hybridized carbons (Fsp3) is 0.385. The highest BCUT2D eigenvalue weighted by molar-refractivity contribution is 7.89. The molecule has 0 saturated heterocycles. The number of sulfonamides is 1. The number of carbonyl (C=O) groups is 2. The normalized spacial score (nSPS) is 13.0. The first-order valence-electron chi connectivity index (χ1n) is 6.12. The molecule has 0 aliphatic carbocycles. The van der Waals surface area contributed by atoms with Crippen LogP contribution in [0, 0.1) is 5.92 Å². The van der Waals surface area contributed by atoms with Gasteiger partial charge in [0.1, 0.15) is 6.04 Å². The minimum atomic E-state index is -3.95. The second-order valence-corrected chi connectivity index (χ2v) is 6.41. The summed E-state index contributed by atoms with van der Waals surface area (Å²) in [4.78, 5) is 22.2. The molecular formula is C13H17NO6S. The van der Waals surface area contributed by atoms with Crippen molar-refractivity contribution in [3.63, 3.8) is 0 Å². The lowest BCUT2D eigenvalue weighted by Gasteiger charge is -2.19. The van der Waals surface area contributed by atoms with Crippen molar-refractivity contribution in [2.45, 2.75) is 24.8 Å².